The van der Waals surface area contributed by atoms with E-state index in [1.807, 2.05) is 0 Å². The quantitative estimate of drug-likeness (QED) is 0.284. The van der Waals surface area contributed by atoms with Crippen molar-refractivity contribution in [1.82, 2.24) is 19.5 Å². The van der Waals surface area contributed by atoms with Gasteiger partial charge in [0.1, 0.15) is 17.3 Å². The molecule has 8 nitrogen and oxygen atoms in total. The lowest BCUT2D eigenvalue weighted by Gasteiger charge is -2.15. The highest BCUT2D eigenvalue weighted by molar-refractivity contribution is 7.99. The molecule has 152 valence electrons. The molecule has 2 aliphatic carbocycles. The van der Waals surface area contributed by atoms with E-state index >= 15 is 0 Å². The van der Waals surface area contributed by atoms with E-state index in [1.54, 1.807) is 22.7 Å². The molecule has 2 aromatic rings. The maximum absolute atomic E-state index is 10.5. The molecule has 0 unspecified atom stereocenters. The number of rotatable bonds is 9. The third kappa shape index (κ3) is 3.00. The summed E-state index contributed by atoms with van der Waals surface area (Å²) in [5.74, 6) is 0.935. The van der Waals surface area contributed by atoms with Gasteiger partial charge in [0.05, 0.1) is 18.3 Å². The molecule has 5 N–H and O–H groups in total. The van der Waals surface area contributed by atoms with E-state index in [1.165, 1.54) is 25.7 Å². The van der Waals surface area contributed by atoms with Crippen LogP contribution in [-0.2, 0) is 0 Å². The number of nitrogens with zero attached hydrogens (tertiary/aromatic N) is 4. The van der Waals surface area contributed by atoms with Crippen LogP contribution in [-0.4, -0.2) is 47.2 Å². The van der Waals surface area contributed by atoms with Gasteiger partial charge in [-0.25, -0.2) is 15.0 Å². The molecule has 0 radical (unpaired) electrons. The van der Waals surface area contributed by atoms with Crippen molar-refractivity contribution in [3.8, 4) is 0 Å². The molecule has 1 saturated carbocycles. The molecule has 0 amide bonds. The number of aliphatic hydroxyl groups excluding tert-OH is 3. The van der Waals surface area contributed by atoms with E-state index in [4.69, 9.17) is 5.73 Å². The van der Waals surface area contributed by atoms with Crippen molar-refractivity contribution in [2.24, 2.45) is 11.3 Å². The Hall–Kier alpha value is -2.00. The molecule has 9 heteroatoms. The van der Waals surface area contributed by atoms with Gasteiger partial charge in [0, 0.05) is 11.7 Å². The summed E-state index contributed by atoms with van der Waals surface area (Å²) in [5, 5.41) is 31.0. The summed E-state index contributed by atoms with van der Waals surface area (Å²) in [7, 11) is 0. The van der Waals surface area contributed by atoms with Crippen LogP contribution < -0.4 is 5.73 Å². The first-order valence-electron chi connectivity index (χ1n) is 9.89. The standard InChI is InChI=1S/C19H27N5O3S/c1-2-3-4-5-6-7-28-18-22-16(20)12-17(23-18)24(10-21-12)13-11-8-19(11,9-25)15(27)14(13)26/h10-11,13,25-27H,2-9H2,1H3,(H2,20,22,23)/t11-,13-,19+/m1/s1. The third-order valence-corrected chi connectivity index (χ3v) is 6.93. The number of hydrogen-bond acceptors (Lipinski definition) is 8. The maximum Gasteiger partial charge on any atom is 0.191 e. The summed E-state index contributed by atoms with van der Waals surface area (Å²) in [6.45, 7) is 2.01. The van der Waals surface area contributed by atoms with Gasteiger partial charge >= 0.3 is 0 Å². The van der Waals surface area contributed by atoms with Crippen molar-refractivity contribution in [3.63, 3.8) is 0 Å². The largest absolute Gasteiger partial charge is 0.508 e. The molecule has 2 heterocycles. The van der Waals surface area contributed by atoms with Gasteiger partial charge in [-0.1, -0.05) is 44.4 Å². The van der Waals surface area contributed by atoms with E-state index in [0.29, 0.717) is 28.6 Å². The summed E-state index contributed by atoms with van der Waals surface area (Å²) in [6, 6.07) is -0.488. The minimum absolute atomic E-state index is 0.0687. The first-order chi connectivity index (χ1) is 13.5. The molecular formula is C19H27N5O3S. The summed E-state index contributed by atoms with van der Waals surface area (Å²) in [4.78, 5) is 13.3. The Morgan fingerprint density at radius 1 is 1.25 bits per heavy atom. The number of aromatic nitrogens is 4. The molecule has 1 fully saturated rings. The van der Waals surface area contributed by atoms with E-state index in [9.17, 15) is 15.3 Å². The summed E-state index contributed by atoms with van der Waals surface area (Å²) < 4.78 is 1.75. The minimum atomic E-state index is -0.722. The molecule has 0 aliphatic heterocycles. The molecule has 2 aromatic heterocycles. The van der Waals surface area contributed by atoms with E-state index < -0.39 is 11.5 Å². The topological polar surface area (TPSA) is 130 Å². The number of thioether (sulfide) groups is 1. The molecule has 0 saturated heterocycles. The van der Waals surface area contributed by atoms with Gasteiger partial charge < -0.3 is 25.6 Å². The fraction of sp³-hybridized carbons (Fsp3) is 0.632. The smallest absolute Gasteiger partial charge is 0.191 e. The Kier molecular flexibility index (Phi) is 5.13. The minimum Gasteiger partial charge on any atom is -0.508 e. The van der Waals surface area contributed by atoms with Crippen molar-refractivity contribution < 1.29 is 15.3 Å². The van der Waals surface area contributed by atoms with Gasteiger partial charge in [-0.3, -0.25) is 0 Å². The first-order valence-corrected chi connectivity index (χ1v) is 10.9. The van der Waals surface area contributed by atoms with Crippen molar-refractivity contribution >= 4 is 28.7 Å². The van der Waals surface area contributed by atoms with Crippen LogP contribution in [0.1, 0.15) is 51.5 Å². The van der Waals surface area contributed by atoms with Gasteiger partial charge in [-0.15, -0.1) is 0 Å². The van der Waals surface area contributed by atoms with Gasteiger partial charge in [-0.2, -0.15) is 0 Å². The fourth-order valence-electron chi connectivity index (χ4n) is 4.24. The number of imidazole rings is 1. The zero-order valence-electron chi connectivity index (χ0n) is 16.0. The van der Waals surface area contributed by atoms with Crippen LogP contribution >= 0.6 is 11.8 Å². The molecule has 0 spiro atoms. The second kappa shape index (κ2) is 7.44. The Labute approximate surface area is 167 Å². The van der Waals surface area contributed by atoms with Crippen molar-refractivity contribution in [3.05, 3.63) is 17.8 Å². The summed E-state index contributed by atoms with van der Waals surface area (Å²) >= 11 is 1.57. The normalized spacial score (nSPS) is 26.2. The molecule has 0 bridgehead atoms. The lowest BCUT2D eigenvalue weighted by Crippen LogP contribution is -2.13. The molecule has 3 atom stereocenters. The third-order valence-electron chi connectivity index (χ3n) is 6.00. The van der Waals surface area contributed by atoms with Crippen LogP contribution in [0.5, 0.6) is 0 Å². The van der Waals surface area contributed by atoms with E-state index in [0.717, 1.165) is 12.2 Å². The Morgan fingerprint density at radius 2 is 2.04 bits per heavy atom. The van der Waals surface area contributed by atoms with Gasteiger partial charge in [0.2, 0.25) is 0 Å². The lowest BCUT2D eigenvalue weighted by atomic mass is 10.1. The number of allylic oxidation sites excluding steroid dienone is 1. The van der Waals surface area contributed by atoms with Gasteiger partial charge in [-0.05, 0) is 12.8 Å². The lowest BCUT2D eigenvalue weighted by molar-refractivity contribution is 0.180. The number of anilines is 1. The Balaban J connectivity index is 1.55. The monoisotopic (exact) mass is 405 g/mol. The van der Waals surface area contributed by atoms with Crippen LogP contribution in [0.4, 0.5) is 5.82 Å². The van der Waals surface area contributed by atoms with Crippen LogP contribution in [0, 0.1) is 11.3 Å². The number of hydrogen-bond donors (Lipinski definition) is 4. The van der Waals surface area contributed by atoms with Gasteiger partial charge in [0.25, 0.3) is 0 Å². The van der Waals surface area contributed by atoms with Crippen LogP contribution in [0.15, 0.2) is 23.0 Å². The van der Waals surface area contributed by atoms with Crippen molar-refractivity contribution in [2.75, 3.05) is 18.1 Å². The second-order valence-electron chi connectivity index (χ2n) is 7.78. The van der Waals surface area contributed by atoms with Crippen LogP contribution in [0.3, 0.4) is 0 Å². The highest BCUT2D eigenvalue weighted by Crippen LogP contribution is 2.68. The zero-order chi connectivity index (χ0) is 19.9. The number of fused-ring (bicyclic) bond motifs is 2. The molecular weight excluding hydrogens is 378 g/mol. The van der Waals surface area contributed by atoms with E-state index in [-0.39, 0.29) is 24.0 Å². The molecule has 2 aliphatic rings. The summed E-state index contributed by atoms with van der Waals surface area (Å²) in [5.41, 5.74) is 6.41. The predicted octanol–water partition coefficient (Wildman–Crippen LogP) is 3.35. The predicted molar refractivity (Wildman–Crippen MR) is 108 cm³/mol. The number of nitrogens with two attached hydrogens (primary N) is 1. The van der Waals surface area contributed by atoms with Gasteiger partial charge in [0.15, 0.2) is 22.4 Å². The number of unbranched alkanes of at least 4 members (excludes halogenated alkanes) is 4. The maximum atomic E-state index is 10.5. The average Bonchev–Trinajstić information content (AvgIpc) is 3.20. The second-order valence-corrected chi connectivity index (χ2v) is 8.84. The zero-order valence-corrected chi connectivity index (χ0v) is 16.8. The molecule has 0 aromatic carbocycles. The van der Waals surface area contributed by atoms with Crippen LogP contribution in [0.2, 0.25) is 0 Å². The average molecular weight is 406 g/mol. The Bertz CT molecular complexity index is 914. The highest BCUT2D eigenvalue weighted by atomic mass is 32.2. The van der Waals surface area contributed by atoms with Crippen molar-refractivity contribution in [2.45, 2.75) is 56.6 Å². The van der Waals surface area contributed by atoms with Crippen molar-refractivity contribution in [1.29, 1.82) is 0 Å². The molecule has 28 heavy (non-hydrogen) atoms. The highest BCUT2D eigenvalue weighted by Gasteiger charge is 2.68. The number of aliphatic hydroxyl groups is 3. The number of nitrogen functional groups attached to an aromatic ring is 1. The fourth-order valence-corrected chi connectivity index (χ4v) is 5.09. The summed E-state index contributed by atoms with van der Waals surface area (Å²) in [6.07, 6.45) is 8.24. The Morgan fingerprint density at radius 3 is 2.75 bits per heavy atom. The molecule has 4 rings (SSSR count). The SMILES string of the molecule is CCCCCCCSc1nc(N)c2ncn([C@H]3C(O)=C(O)[C@]4(CO)C[C@H]34)c2n1. The van der Waals surface area contributed by atoms with E-state index in [2.05, 4.69) is 21.9 Å². The van der Waals surface area contributed by atoms with Crippen LogP contribution in [0.25, 0.3) is 11.2 Å². The first kappa shape index (κ1) is 19.3.